The molecule has 5 heteroatoms. The number of halogens is 2. The fourth-order valence-corrected chi connectivity index (χ4v) is 1.89. The quantitative estimate of drug-likeness (QED) is 0.816. The maximum atomic E-state index is 11.9. The van der Waals surface area contributed by atoms with Crippen molar-refractivity contribution >= 4 is 40.8 Å². The molecule has 0 fully saturated rings. The lowest BCUT2D eigenvalue weighted by Crippen LogP contribution is -2.31. The zero-order valence-electron chi connectivity index (χ0n) is 9.31. The van der Waals surface area contributed by atoms with E-state index in [1.807, 2.05) is 30.3 Å². The molecule has 0 saturated heterocycles. The second kappa shape index (κ2) is 5.76. The summed E-state index contributed by atoms with van der Waals surface area (Å²) in [5.41, 5.74) is 1.35. The van der Waals surface area contributed by atoms with Gasteiger partial charge >= 0.3 is 6.03 Å². The minimum Gasteiger partial charge on any atom is -0.262 e. The van der Waals surface area contributed by atoms with Gasteiger partial charge in [0, 0.05) is 16.8 Å². The van der Waals surface area contributed by atoms with E-state index in [2.05, 4.69) is 4.84 Å². The van der Waals surface area contributed by atoms with Crippen LogP contribution in [0.15, 0.2) is 54.6 Å². The molecule has 0 saturated carbocycles. The van der Waals surface area contributed by atoms with Gasteiger partial charge in [0.15, 0.2) is 0 Å². The Kier molecular flexibility index (Phi) is 4.07. The molecule has 0 aromatic heterocycles. The molecule has 0 aliphatic heterocycles. The average Bonchev–Trinajstić information content (AvgIpc) is 2.40. The van der Waals surface area contributed by atoms with Crippen LogP contribution in [0.4, 0.5) is 16.2 Å². The molecule has 0 unspecified atom stereocenters. The number of hydrogen-bond donors (Lipinski definition) is 1. The van der Waals surface area contributed by atoms with Crippen LogP contribution < -0.4 is 9.74 Å². The van der Waals surface area contributed by atoms with E-state index in [0.717, 1.165) is 0 Å². The van der Waals surface area contributed by atoms with E-state index in [1.54, 1.807) is 24.3 Å². The van der Waals surface area contributed by atoms with Gasteiger partial charge < -0.3 is 0 Å². The summed E-state index contributed by atoms with van der Waals surface area (Å²) in [4.78, 5) is 15.4. The van der Waals surface area contributed by atoms with E-state index in [4.69, 9.17) is 23.4 Å². The summed E-state index contributed by atoms with van der Waals surface area (Å²) in [5, 5.41) is 0.552. The Morgan fingerprint density at radius 1 is 1.00 bits per heavy atom. The molecule has 1 N–H and O–H groups in total. The lowest BCUT2D eigenvalue weighted by atomic mass is 10.2. The molecular weight excluding hydrogens is 271 g/mol. The Hall–Kier alpha value is -1.71. The number of carbonyl (C=O) groups excluding carboxylic acids is 1. The van der Waals surface area contributed by atoms with Crippen molar-refractivity contribution in [3.8, 4) is 0 Å². The van der Waals surface area contributed by atoms with Crippen molar-refractivity contribution < 1.29 is 4.79 Å². The van der Waals surface area contributed by atoms with Crippen LogP contribution in [0.3, 0.4) is 0 Å². The van der Waals surface area contributed by atoms with Crippen LogP contribution in [0.1, 0.15) is 0 Å². The summed E-state index contributed by atoms with van der Waals surface area (Å²) in [7, 11) is 0. The van der Waals surface area contributed by atoms with E-state index in [-0.39, 0.29) is 0 Å². The van der Waals surface area contributed by atoms with Gasteiger partial charge in [0.25, 0.3) is 0 Å². The van der Waals surface area contributed by atoms with Crippen molar-refractivity contribution in [2.45, 2.75) is 0 Å². The molecular formula is C13H10Cl2N2O. The van der Waals surface area contributed by atoms with Gasteiger partial charge in [-0.1, -0.05) is 35.9 Å². The van der Waals surface area contributed by atoms with Crippen LogP contribution in [0.2, 0.25) is 5.02 Å². The van der Waals surface area contributed by atoms with Gasteiger partial charge in [0.1, 0.15) is 0 Å². The Bertz CT molecular complexity index is 546. The maximum absolute atomic E-state index is 11.9. The first-order valence-corrected chi connectivity index (χ1v) is 5.99. The van der Waals surface area contributed by atoms with Gasteiger partial charge in [-0.25, -0.2) is 9.63 Å². The predicted molar refractivity (Wildman–Crippen MR) is 74.4 cm³/mol. The molecule has 0 radical (unpaired) electrons. The smallest absolute Gasteiger partial charge is 0.262 e. The molecule has 2 amide bonds. The first-order valence-electron chi connectivity index (χ1n) is 5.23. The van der Waals surface area contributed by atoms with Crippen LogP contribution >= 0.6 is 23.4 Å². The third-order valence-electron chi connectivity index (χ3n) is 2.36. The lowest BCUT2D eigenvalue weighted by Gasteiger charge is -2.21. The summed E-state index contributed by atoms with van der Waals surface area (Å²) in [6, 6.07) is 15.7. The molecule has 0 atom stereocenters. The molecule has 0 bridgehead atoms. The second-order valence-corrected chi connectivity index (χ2v) is 4.18. The van der Waals surface area contributed by atoms with E-state index < -0.39 is 6.03 Å². The van der Waals surface area contributed by atoms with Crippen molar-refractivity contribution in [3.63, 3.8) is 0 Å². The molecule has 0 heterocycles. The van der Waals surface area contributed by atoms with Gasteiger partial charge in [-0.2, -0.15) is 0 Å². The number of carbonyl (C=O) groups is 1. The number of amides is 2. The number of rotatable bonds is 2. The monoisotopic (exact) mass is 280 g/mol. The normalized spacial score (nSPS) is 9.89. The first-order chi connectivity index (χ1) is 8.72. The average molecular weight is 281 g/mol. The SMILES string of the molecule is O=C(NCl)N(c1ccccc1)c1cccc(Cl)c1. The Balaban J connectivity index is 2.47. The highest BCUT2D eigenvalue weighted by Gasteiger charge is 2.17. The van der Waals surface area contributed by atoms with E-state index >= 15 is 0 Å². The highest BCUT2D eigenvalue weighted by molar-refractivity contribution is 6.31. The molecule has 2 aromatic carbocycles. The van der Waals surface area contributed by atoms with Crippen LogP contribution in [-0.2, 0) is 0 Å². The van der Waals surface area contributed by atoms with Crippen LogP contribution in [-0.4, -0.2) is 6.03 Å². The second-order valence-electron chi connectivity index (χ2n) is 3.55. The molecule has 0 spiro atoms. The third kappa shape index (κ3) is 2.75. The van der Waals surface area contributed by atoms with Gasteiger partial charge in [0.2, 0.25) is 0 Å². The number of hydrogen-bond acceptors (Lipinski definition) is 1. The number of para-hydroxylation sites is 1. The largest absolute Gasteiger partial charge is 0.341 e. The first kappa shape index (κ1) is 12.7. The minimum atomic E-state index is -0.440. The van der Waals surface area contributed by atoms with E-state index in [1.165, 1.54) is 4.90 Å². The lowest BCUT2D eigenvalue weighted by molar-refractivity contribution is 0.253. The summed E-state index contributed by atoms with van der Waals surface area (Å²) in [6.45, 7) is 0. The van der Waals surface area contributed by atoms with Crippen molar-refractivity contribution in [2.24, 2.45) is 0 Å². The van der Waals surface area contributed by atoms with Crippen LogP contribution in [0.5, 0.6) is 0 Å². The van der Waals surface area contributed by atoms with E-state index in [9.17, 15) is 4.79 Å². The Morgan fingerprint density at radius 3 is 2.28 bits per heavy atom. The topological polar surface area (TPSA) is 32.3 Å². The summed E-state index contributed by atoms with van der Waals surface area (Å²) in [5.74, 6) is 0. The zero-order valence-corrected chi connectivity index (χ0v) is 10.8. The van der Waals surface area contributed by atoms with Gasteiger partial charge in [0.05, 0.1) is 11.4 Å². The van der Waals surface area contributed by atoms with Crippen molar-refractivity contribution in [1.29, 1.82) is 0 Å². The molecule has 18 heavy (non-hydrogen) atoms. The van der Waals surface area contributed by atoms with Crippen molar-refractivity contribution in [3.05, 3.63) is 59.6 Å². The Labute approximate surface area is 115 Å². The number of benzene rings is 2. The standard InChI is InChI=1S/C13H10Cl2N2O/c14-10-5-4-8-12(9-10)17(13(18)16-15)11-6-2-1-3-7-11/h1-9H,(H,16,18). The predicted octanol–water partition coefficient (Wildman–Crippen LogP) is 4.34. The molecule has 3 nitrogen and oxygen atoms in total. The van der Waals surface area contributed by atoms with Crippen LogP contribution in [0.25, 0.3) is 0 Å². The fraction of sp³-hybridized carbons (Fsp3) is 0. The third-order valence-corrected chi connectivity index (χ3v) is 2.76. The maximum Gasteiger partial charge on any atom is 0.341 e. The van der Waals surface area contributed by atoms with Crippen molar-refractivity contribution in [2.75, 3.05) is 4.90 Å². The van der Waals surface area contributed by atoms with Crippen molar-refractivity contribution in [1.82, 2.24) is 4.84 Å². The molecule has 0 aliphatic carbocycles. The molecule has 0 aliphatic rings. The summed E-state index contributed by atoms with van der Waals surface area (Å²) < 4.78 is 0. The van der Waals surface area contributed by atoms with Gasteiger partial charge in [-0.3, -0.25) is 4.90 Å². The van der Waals surface area contributed by atoms with Crippen LogP contribution in [0, 0.1) is 0 Å². The number of anilines is 2. The molecule has 2 aromatic rings. The Morgan fingerprint density at radius 2 is 1.67 bits per heavy atom. The zero-order chi connectivity index (χ0) is 13.0. The molecule has 92 valence electrons. The number of nitrogens with one attached hydrogen (secondary N) is 1. The van der Waals surface area contributed by atoms with Gasteiger partial charge in [-0.15, -0.1) is 0 Å². The summed E-state index contributed by atoms with van der Waals surface area (Å²) >= 11 is 11.3. The highest BCUT2D eigenvalue weighted by Crippen LogP contribution is 2.27. The molecule has 2 rings (SSSR count). The summed E-state index contributed by atoms with van der Waals surface area (Å²) in [6.07, 6.45) is 0. The van der Waals surface area contributed by atoms with E-state index in [0.29, 0.717) is 16.4 Å². The minimum absolute atomic E-state index is 0.440. The number of nitrogens with zero attached hydrogens (tertiary/aromatic N) is 1. The van der Waals surface area contributed by atoms with Gasteiger partial charge in [-0.05, 0) is 30.3 Å². The number of urea groups is 1. The fourth-order valence-electron chi connectivity index (χ4n) is 1.62. The highest BCUT2D eigenvalue weighted by atomic mass is 35.5.